The van der Waals surface area contributed by atoms with E-state index in [-0.39, 0.29) is 0 Å². The zero-order chi connectivity index (χ0) is 12.0. The van der Waals surface area contributed by atoms with Gasteiger partial charge in [0.05, 0.1) is 12.7 Å². The summed E-state index contributed by atoms with van der Waals surface area (Å²) >= 11 is 0. The molecule has 1 rings (SSSR count). The molecule has 0 radical (unpaired) electrons. The summed E-state index contributed by atoms with van der Waals surface area (Å²) in [7, 11) is 0. The Morgan fingerprint density at radius 2 is 2.06 bits per heavy atom. The molecule has 1 atom stereocenters. The van der Waals surface area contributed by atoms with Gasteiger partial charge in [-0.1, -0.05) is 27.7 Å². The summed E-state index contributed by atoms with van der Waals surface area (Å²) in [4.78, 5) is 2.54. The van der Waals surface area contributed by atoms with Gasteiger partial charge in [0.1, 0.15) is 0 Å². The van der Waals surface area contributed by atoms with Crippen molar-refractivity contribution in [2.45, 2.75) is 46.3 Å². The number of hydrogen-bond donors (Lipinski definition) is 1. The van der Waals surface area contributed by atoms with Crippen molar-refractivity contribution in [3.05, 3.63) is 0 Å². The second-order valence-corrected chi connectivity index (χ2v) is 5.54. The topological polar surface area (TPSA) is 24.5 Å². The van der Waals surface area contributed by atoms with E-state index in [1.165, 1.54) is 6.54 Å². The summed E-state index contributed by atoms with van der Waals surface area (Å²) < 4.78 is 5.79. The van der Waals surface area contributed by atoms with Gasteiger partial charge in [0.15, 0.2) is 0 Å². The Kier molecular flexibility index (Phi) is 6.32. The Morgan fingerprint density at radius 3 is 2.69 bits per heavy atom. The molecule has 0 aromatic carbocycles. The fraction of sp³-hybridized carbons (Fsp3) is 1.00. The first-order chi connectivity index (χ1) is 7.58. The molecule has 0 aliphatic carbocycles. The quantitative estimate of drug-likeness (QED) is 0.749. The van der Waals surface area contributed by atoms with Crippen LogP contribution in [0.2, 0.25) is 0 Å². The van der Waals surface area contributed by atoms with Crippen molar-refractivity contribution < 1.29 is 4.74 Å². The average Bonchev–Trinajstić information content (AvgIpc) is 2.16. The van der Waals surface area contributed by atoms with Crippen LogP contribution in [0.5, 0.6) is 0 Å². The molecule has 1 heterocycles. The molecule has 0 aromatic heterocycles. The monoisotopic (exact) mass is 228 g/mol. The van der Waals surface area contributed by atoms with Gasteiger partial charge in [-0.2, -0.15) is 0 Å². The highest BCUT2D eigenvalue weighted by Gasteiger charge is 2.20. The molecule has 0 saturated carbocycles. The van der Waals surface area contributed by atoms with Crippen LogP contribution < -0.4 is 5.32 Å². The molecule has 0 spiro atoms. The molecule has 3 heteroatoms. The van der Waals surface area contributed by atoms with Gasteiger partial charge in [-0.25, -0.2) is 0 Å². The molecule has 3 nitrogen and oxygen atoms in total. The van der Waals surface area contributed by atoms with Crippen LogP contribution in [0.15, 0.2) is 0 Å². The maximum absolute atomic E-state index is 5.79. The lowest BCUT2D eigenvalue weighted by molar-refractivity contribution is -0.0348. The van der Waals surface area contributed by atoms with Crippen LogP contribution >= 0.6 is 0 Å². The highest BCUT2D eigenvalue weighted by atomic mass is 16.5. The van der Waals surface area contributed by atoms with E-state index in [0.29, 0.717) is 12.1 Å². The van der Waals surface area contributed by atoms with Gasteiger partial charge < -0.3 is 10.1 Å². The summed E-state index contributed by atoms with van der Waals surface area (Å²) in [5.74, 6) is 0.757. The van der Waals surface area contributed by atoms with E-state index in [1.54, 1.807) is 0 Å². The van der Waals surface area contributed by atoms with E-state index in [9.17, 15) is 0 Å². The second-order valence-electron chi connectivity index (χ2n) is 5.54. The molecular weight excluding hydrogens is 200 g/mol. The number of hydrogen-bond acceptors (Lipinski definition) is 3. The third-order valence-electron chi connectivity index (χ3n) is 2.87. The maximum Gasteiger partial charge on any atom is 0.0714 e. The third kappa shape index (κ3) is 5.83. The summed E-state index contributed by atoms with van der Waals surface area (Å²) in [6, 6.07) is 0.579. The normalized spacial score (nSPS) is 23.2. The van der Waals surface area contributed by atoms with Gasteiger partial charge in [-0.05, 0) is 18.9 Å². The zero-order valence-corrected chi connectivity index (χ0v) is 11.3. The summed E-state index contributed by atoms with van der Waals surface area (Å²) in [5.41, 5.74) is 0. The lowest BCUT2D eigenvalue weighted by Crippen LogP contribution is -2.45. The fourth-order valence-electron chi connectivity index (χ4n) is 2.17. The molecule has 1 aliphatic rings. The predicted molar refractivity (Wildman–Crippen MR) is 68.8 cm³/mol. The molecule has 0 bridgehead atoms. The van der Waals surface area contributed by atoms with Crippen LogP contribution in [0.1, 0.15) is 34.1 Å². The minimum absolute atomic E-state index is 0.429. The first-order valence-corrected chi connectivity index (χ1v) is 6.65. The van der Waals surface area contributed by atoms with Gasteiger partial charge in [0.2, 0.25) is 0 Å². The Morgan fingerprint density at radius 1 is 1.31 bits per heavy atom. The average molecular weight is 228 g/mol. The molecule has 1 fully saturated rings. The lowest BCUT2D eigenvalue weighted by Gasteiger charge is -2.34. The Labute approximate surface area is 101 Å². The van der Waals surface area contributed by atoms with Crippen molar-refractivity contribution in [3.8, 4) is 0 Å². The van der Waals surface area contributed by atoms with Gasteiger partial charge in [-0.15, -0.1) is 0 Å². The van der Waals surface area contributed by atoms with Crippen molar-refractivity contribution in [2.24, 2.45) is 5.92 Å². The van der Waals surface area contributed by atoms with Crippen molar-refractivity contribution in [2.75, 3.05) is 32.8 Å². The number of nitrogens with one attached hydrogen (secondary N) is 1. The predicted octanol–water partition coefficient (Wildman–Crippen LogP) is 1.73. The van der Waals surface area contributed by atoms with Crippen LogP contribution in [-0.2, 0) is 4.74 Å². The number of nitrogens with zero attached hydrogens (tertiary/aromatic N) is 1. The summed E-state index contributed by atoms with van der Waals surface area (Å²) in [6.45, 7) is 14.3. The van der Waals surface area contributed by atoms with Crippen molar-refractivity contribution in [1.29, 1.82) is 0 Å². The third-order valence-corrected chi connectivity index (χ3v) is 2.87. The summed E-state index contributed by atoms with van der Waals surface area (Å²) in [6.07, 6.45) is 1.56. The minimum Gasteiger partial charge on any atom is -0.376 e. The van der Waals surface area contributed by atoms with Crippen molar-refractivity contribution in [3.63, 3.8) is 0 Å². The highest BCUT2D eigenvalue weighted by molar-refractivity contribution is 4.73. The van der Waals surface area contributed by atoms with E-state index in [4.69, 9.17) is 4.74 Å². The van der Waals surface area contributed by atoms with Crippen LogP contribution in [0.25, 0.3) is 0 Å². The van der Waals surface area contributed by atoms with Crippen LogP contribution in [-0.4, -0.2) is 49.8 Å². The van der Waals surface area contributed by atoms with E-state index >= 15 is 0 Å². The van der Waals surface area contributed by atoms with E-state index in [2.05, 4.69) is 37.9 Å². The molecule has 1 saturated heterocycles. The highest BCUT2D eigenvalue weighted by Crippen LogP contribution is 2.10. The second kappa shape index (κ2) is 7.25. The number of morpholine rings is 1. The fourth-order valence-corrected chi connectivity index (χ4v) is 2.17. The maximum atomic E-state index is 5.79. The van der Waals surface area contributed by atoms with Gasteiger partial charge in [-0.3, -0.25) is 4.90 Å². The Balaban J connectivity index is 2.17. The minimum atomic E-state index is 0.429. The molecule has 1 N–H and O–H groups in total. The van der Waals surface area contributed by atoms with E-state index < -0.39 is 0 Å². The molecule has 16 heavy (non-hydrogen) atoms. The van der Waals surface area contributed by atoms with Crippen molar-refractivity contribution >= 4 is 0 Å². The van der Waals surface area contributed by atoms with Crippen LogP contribution in [0, 0.1) is 5.92 Å². The first-order valence-electron chi connectivity index (χ1n) is 6.65. The van der Waals surface area contributed by atoms with Crippen LogP contribution in [0.4, 0.5) is 0 Å². The van der Waals surface area contributed by atoms with E-state index in [1.807, 2.05) is 0 Å². The van der Waals surface area contributed by atoms with Gasteiger partial charge in [0.25, 0.3) is 0 Å². The lowest BCUT2D eigenvalue weighted by atomic mass is 10.1. The SMILES string of the molecule is CC(C)CN1CCO[C@@H](CCNC(C)C)C1. The Hall–Kier alpha value is -0.120. The van der Waals surface area contributed by atoms with E-state index in [0.717, 1.165) is 38.6 Å². The molecule has 96 valence electrons. The first kappa shape index (κ1) is 13.9. The smallest absolute Gasteiger partial charge is 0.0714 e. The Bertz CT molecular complexity index is 183. The zero-order valence-electron chi connectivity index (χ0n) is 11.3. The largest absolute Gasteiger partial charge is 0.376 e. The molecule has 0 unspecified atom stereocenters. The number of ether oxygens (including phenoxy) is 1. The van der Waals surface area contributed by atoms with Crippen LogP contribution in [0.3, 0.4) is 0 Å². The molecular formula is C13H28N2O. The standard InChI is InChI=1S/C13H28N2O/c1-11(2)9-15-7-8-16-13(10-15)5-6-14-12(3)4/h11-14H,5-10H2,1-4H3/t13-/m0/s1. The van der Waals surface area contributed by atoms with Gasteiger partial charge >= 0.3 is 0 Å². The molecule has 1 aliphatic heterocycles. The summed E-state index contributed by atoms with van der Waals surface area (Å²) in [5, 5.41) is 3.45. The molecule has 0 amide bonds. The molecule has 0 aromatic rings. The van der Waals surface area contributed by atoms with Gasteiger partial charge in [0, 0.05) is 25.7 Å². The number of rotatable bonds is 6. The van der Waals surface area contributed by atoms with Crippen molar-refractivity contribution in [1.82, 2.24) is 10.2 Å².